The summed E-state index contributed by atoms with van der Waals surface area (Å²) in [4.78, 5) is 12.4. The van der Waals surface area contributed by atoms with E-state index in [0.29, 0.717) is 5.56 Å². The van der Waals surface area contributed by atoms with Crippen molar-refractivity contribution in [3.63, 3.8) is 0 Å². The van der Waals surface area contributed by atoms with Gasteiger partial charge in [-0.1, -0.05) is 30.8 Å². The Morgan fingerprint density at radius 2 is 2.05 bits per heavy atom. The number of hydrogen-bond acceptors (Lipinski definition) is 4. The van der Waals surface area contributed by atoms with Gasteiger partial charge in [-0.2, -0.15) is 0 Å². The number of oxime groups is 1. The summed E-state index contributed by atoms with van der Waals surface area (Å²) in [5, 5.41) is 17.0. The van der Waals surface area contributed by atoms with Gasteiger partial charge in [0.05, 0.1) is 8.45 Å². The van der Waals surface area contributed by atoms with Crippen LogP contribution in [0.2, 0.25) is 0 Å². The number of thiophene rings is 1. The average Bonchev–Trinajstić information content (AvgIpc) is 2.74. The summed E-state index contributed by atoms with van der Waals surface area (Å²) in [5.74, 6) is -0.0460. The monoisotopic (exact) mass is 407 g/mol. The molecule has 1 heterocycles. The zero-order valence-electron chi connectivity index (χ0n) is 11.1. The minimum absolute atomic E-state index is 0.109. The van der Waals surface area contributed by atoms with Gasteiger partial charge in [-0.05, 0) is 41.5 Å². The molecule has 1 aliphatic carbocycles. The molecule has 0 atom stereocenters. The quantitative estimate of drug-likeness (QED) is 0.180. The molecule has 110 valence electrons. The van der Waals surface area contributed by atoms with Crippen LogP contribution in [-0.4, -0.2) is 22.5 Å². The number of carbonyl (C=O) groups excluding carboxylic acids is 1. The Balaban J connectivity index is 2.21. The lowest BCUT2D eigenvalue weighted by atomic mass is 9.88. The van der Waals surface area contributed by atoms with Crippen LogP contribution >= 0.6 is 33.9 Å². The number of amides is 1. The lowest BCUT2D eigenvalue weighted by molar-refractivity contribution is 0.0915. The Kier molecular flexibility index (Phi) is 5.25. The largest absolute Gasteiger partial charge is 0.409 e. The second-order valence-corrected chi connectivity index (χ2v) is 7.88. The first-order valence-corrected chi connectivity index (χ1v) is 8.58. The third-order valence-corrected chi connectivity index (χ3v) is 5.53. The molecule has 0 aliphatic heterocycles. The fourth-order valence-electron chi connectivity index (χ4n) is 2.59. The summed E-state index contributed by atoms with van der Waals surface area (Å²) < 4.78 is 1.06. The molecule has 0 saturated heterocycles. The molecule has 1 amide bonds. The van der Waals surface area contributed by atoms with E-state index in [0.717, 1.165) is 41.4 Å². The van der Waals surface area contributed by atoms with Gasteiger partial charge in [0.25, 0.3) is 5.91 Å². The first-order chi connectivity index (χ1) is 9.57. The summed E-state index contributed by atoms with van der Waals surface area (Å²) in [5.41, 5.74) is 5.79. The first-order valence-electron chi connectivity index (χ1n) is 6.62. The second kappa shape index (κ2) is 6.75. The first kappa shape index (κ1) is 15.6. The Labute approximate surface area is 135 Å². The van der Waals surface area contributed by atoms with Crippen LogP contribution in [0.25, 0.3) is 0 Å². The molecular formula is C13H18IN3O2S. The minimum Gasteiger partial charge on any atom is -0.409 e. The van der Waals surface area contributed by atoms with E-state index in [1.54, 1.807) is 0 Å². The van der Waals surface area contributed by atoms with Gasteiger partial charge in [-0.25, -0.2) is 0 Å². The number of hydrogen-bond donors (Lipinski definition) is 3. The molecule has 0 radical (unpaired) electrons. The Morgan fingerprint density at radius 3 is 2.55 bits per heavy atom. The van der Waals surface area contributed by atoms with E-state index in [9.17, 15) is 4.79 Å². The summed E-state index contributed by atoms with van der Waals surface area (Å²) in [6, 6.07) is 1.84. The van der Waals surface area contributed by atoms with Crippen molar-refractivity contribution in [3.8, 4) is 0 Å². The second-order valence-electron chi connectivity index (χ2n) is 5.08. The van der Waals surface area contributed by atoms with Gasteiger partial charge in [-0.15, -0.1) is 11.3 Å². The van der Waals surface area contributed by atoms with Crippen molar-refractivity contribution in [3.05, 3.63) is 19.9 Å². The molecule has 1 aromatic heterocycles. The maximum Gasteiger partial charge on any atom is 0.252 e. The number of nitrogens with two attached hydrogens (primary N) is 1. The van der Waals surface area contributed by atoms with Crippen LogP contribution in [0.5, 0.6) is 0 Å². The average molecular weight is 407 g/mol. The Bertz CT molecular complexity index is 507. The van der Waals surface area contributed by atoms with Crippen LogP contribution in [0, 0.1) is 2.88 Å². The van der Waals surface area contributed by atoms with E-state index in [-0.39, 0.29) is 11.7 Å². The number of nitrogens with zero attached hydrogens (tertiary/aromatic N) is 1. The number of halogens is 1. The molecule has 1 saturated carbocycles. The van der Waals surface area contributed by atoms with E-state index >= 15 is 0 Å². The van der Waals surface area contributed by atoms with Crippen LogP contribution in [0.3, 0.4) is 0 Å². The van der Waals surface area contributed by atoms with E-state index in [1.807, 2.05) is 11.4 Å². The highest BCUT2D eigenvalue weighted by atomic mass is 127. The van der Waals surface area contributed by atoms with Crippen molar-refractivity contribution in [2.75, 3.05) is 0 Å². The van der Waals surface area contributed by atoms with Crippen molar-refractivity contribution < 1.29 is 10.0 Å². The van der Waals surface area contributed by atoms with Gasteiger partial charge >= 0.3 is 0 Å². The Morgan fingerprint density at radius 1 is 1.40 bits per heavy atom. The minimum atomic E-state index is -0.713. The molecular weight excluding hydrogens is 389 g/mol. The van der Waals surface area contributed by atoms with Gasteiger partial charge in [-0.3, -0.25) is 4.79 Å². The lowest BCUT2D eigenvalue weighted by Gasteiger charge is -2.32. The number of amidine groups is 1. The van der Waals surface area contributed by atoms with E-state index in [4.69, 9.17) is 10.9 Å². The highest BCUT2D eigenvalue weighted by Gasteiger charge is 2.37. The third-order valence-electron chi connectivity index (χ3n) is 3.74. The number of nitrogens with one attached hydrogen (secondary N) is 1. The number of carbonyl (C=O) groups is 1. The molecule has 2 rings (SSSR count). The third kappa shape index (κ3) is 3.43. The predicted octanol–water partition coefficient (Wildman–Crippen LogP) is 2.92. The fraction of sp³-hybridized carbons (Fsp3) is 0.538. The van der Waals surface area contributed by atoms with Crippen LogP contribution in [0.1, 0.15) is 48.9 Å². The normalized spacial score (nSPS) is 19.4. The molecule has 1 fully saturated rings. The summed E-state index contributed by atoms with van der Waals surface area (Å²) in [6.07, 6.45) is 5.61. The van der Waals surface area contributed by atoms with Gasteiger partial charge < -0.3 is 16.3 Å². The van der Waals surface area contributed by atoms with Gasteiger partial charge in [0.1, 0.15) is 5.54 Å². The lowest BCUT2D eigenvalue weighted by Crippen LogP contribution is -2.57. The molecule has 0 aromatic carbocycles. The molecule has 4 N–H and O–H groups in total. The smallest absolute Gasteiger partial charge is 0.252 e. The highest BCUT2D eigenvalue weighted by Crippen LogP contribution is 2.28. The van der Waals surface area contributed by atoms with Crippen molar-refractivity contribution >= 4 is 45.7 Å². The van der Waals surface area contributed by atoms with E-state index in [1.165, 1.54) is 11.3 Å². The highest BCUT2D eigenvalue weighted by molar-refractivity contribution is 14.1. The summed E-state index contributed by atoms with van der Waals surface area (Å²) in [7, 11) is 0. The molecule has 20 heavy (non-hydrogen) atoms. The van der Waals surface area contributed by atoms with Crippen molar-refractivity contribution in [2.24, 2.45) is 10.9 Å². The van der Waals surface area contributed by atoms with Crippen LogP contribution < -0.4 is 11.1 Å². The van der Waals surface area contributed by atoms with E-state index < -0.39 is 5.54 Å². The summed E-state index contributed by atoms with van der Waals surface area (Å²) in [6.45, 7) is 0. The molecule has 7 heteroatoms. The molecule has 1 aliphatic rings. The van der Waals surface area contributed by atoms with Crippen LogP contribution in [0.4, 0.5) is 0 Å². The van der Waals surface area contributed by atoms with Crippen molar-refractivity contribution in [1.29, 1.82) is 0 Å². The zero-order valence-corrected chi connectivity index (χ0v) is 14.0. The van der Waals surface area contributed by atoms with Gasteiger partial charge in [0, 0.05) is 5.38 Å². The van der Waals surface area contributed by atoms with Gasteiger partial charge in [0.2, 0.25) is 0 Å². The molecule has 5 nitrogen and oxygen atoms in total. The maximum atomic E-state index is 12.4. The maximum absolute atomic E-state index is 12.4. The zero-order chi connectivity index (χ0) is 14.6. The summed E-state index contributed by atoms with van der Waals surface area (Å²) >= 11 is 3.71. The molecule has 1 aromatic rings. The SMILES string of the molecule is NC(=NO)C1(NC(=O)c2csc(I)c2)CCCCCC1. The van der Waals surface area contributed by atoms with Crippen LogP contribution in [0.15, 0.2) is 16.6 Å². The predicted molar refractivity (Wildman–Crippen MR) is 88.3 cm³/mol. The fourth-order valence-corrected chi connectivity index (χ4v) is 3.92. The molecule has 0 bridgehead atoms. The molecule has 0 unspecified atom stereocenters. The van der Waals surface area contributed by atoms with Crippen molar-refractivity contribution in [2.45, 2.75) is 44.1 Å². The standard InChI is InChI=1S/C13H18IN3O2S/c14-10-7-9(8-20-10)11(18)16-13(12(15)17-19)5-3-1-2-4-6-13/h7-8,19H,1-6H2,(H2,15,17)(H,16,18). The number of rotatable bonds is 3. The van der Waals surface area contributed by atoms with E-state index in [2.05, 4.69) is 33.1 Å². The Hall–Kier alpha value is -0.830. The van der Waals surface area contributed by atoms with Gasteiger partial charge in [0.15, 0.2) is 5.84 Å². The van der Waals surface area contributed by atoms with Crippen LogP contribution in [-0.2, 0) is 0 Å². The van der Waals surface area contributed by atoms with Crippen molar-refractivity contribution in [1.82, 2.24) is 5.32 Å². The topological polar surface area (TPSA) is 87.7 Å². The molecule has 0 spiro atoms.